The number of aromatic nitrogens is 2. The molecule has 2 N–H and O–H groups in total. The first-order valence-corrected chi connectivity index (χ1v) is 8.86. The van der Waals surface area contributed by atoms with Crippen LogP contribution in [0.15, 0.2) is 41.3 Å². The molecule has 1 saturated heterocycles. The zero-order valence-corrected chi connectivity index (χ0v) is 14.9. The third kappa shape index (κ3) is 4.23. The van der Waals surface area contributed by atoms with E-state index in [1.807, 2.05) is 35.4 Å². The number of hydrogen-bond acceptors (Lipinski definition) is 4. The van der Waals surface area contributed by atoms with Crippen molar-refractivity contribution in [2.24, 2.45) is 0 Å². The van der Waals surface area contributed by atoms with Crippen molar-refractivity contribution in [2.45, 2.75) is 12.8 Å². The van der Waals surface area contributed by atoms with Crippen molar-refractivity contribution in [2.75, 3.05) is 31.5 Å². The minimum Gasteiger partial charge on any atom is -0.369 e. The van der Waals surface area contributed by atoms with E-state index in [1.54, 1.807) is 6.33 Å². The third-order valence-corrected chi connectivity index (χ3v) is 4.46. The largest absolute Gasteiger partial charge is 0.369 e. The summed E-state index contributed by atoms with van der Waals surface area (Å²) < 4.78 is 1.04. The summed E-state index contributed by atoms with van der Waals surface area (Å²) in [5.74, 6) is 0.815. The average Bonchev–Trinajstić information content (AvgIpc) is 2.61. The predicted molar refractivity (Wildman–Crippen MR) is 97.9 cm³/mol. The number of nitrogens with one attached hydrogen (secondary N) is 2. The summed E-state index contributed by atoms with van der Waals surface area (Å²) >= 11 is 3.45. The fraction of sp³-hybridized carbons (Fsp3) is 0.353. The van der Waals surface area contributed by atoms with Crippen LogP contribution < -0.4 is 10.6 Å². The molecule has 1 aromatic heterocycles. The van der Waals surface area contributed by atoms with Gasteiger partial charge in [-0.1, -0.05) is 28.1 Å². The molecule has 0 spiro atoms. The number of carbonyl (C=O) groups is 1. The van der Waals surface area contributed by atoms with E-state index in [2.05, 4.69) is 36.5 Å². The Kier molecular flexibility index (Phi) is 5.63. The van der Waals surface area contributed by atoms with Gasteiger partial charge in [0.05, 0.1) is 0 Å². The number of benzene rings is 1. The van der Waals surface area contributed by atoms with Crippen molar-refractivity contribution >= 4 is 27.8 Å². The monoisotopic (exact) mass is 389 g/mol. The molecule has 0 saturated carbocycles. The molecule has 0 bridgehead atoms. The number of anilines is 1. The fourth-order valence-electron chi connectivity index (χ4n) is 2.68. The second-order valence-corrected chi connectivity index (χ2v) is 6.56. The van der Waals surface area contributed by atoms with Crippen LogP contribution in [0, 0.1) is 0 Å². The average molecular weight is 390 g/mol. The Hall–Kier alpha value is -2.15. The Morgan fingerprint density at radius 3 is 2.92 bits per heavy atom. The minimum absolute atomic E-state index is 0.0406. The molecule has 1 aromatic carbocycles. The van der Waals surface area contributed by atoms with Gasteiger partial charge in [0.25, 0.3) is 0 Å². The second-order valence-electron chi connectivity index (χ2n) is 5.64. The van der Waals surface area contributed by atoms with E-state index in [0.717, 1.165) is 60.4 Å². The van der Waals surface area contributed by atoms with E-state index < -0.39 is 0 Å². The Labute approximate surface area is 149 Å². The standard InChI is InChI=1S/C17H20BrN5O/c18-14-5-3-13(4-6-14)15-11-19-12-22-16(15)20-7-1-9-23-10-2-8-21-17(23)24/h3-6,11-12H,1-2,7-10H2,(H,21,24)(H,19,20,22). The Balaban J connectivity index is 1.57. The Morgan fingerprint density at radius 2 is 2.12 bits per heavy atom. The first kappa shape index (κ1) is 16.7. The van der Waals surface area contributed by atoms with Crippen molar-refractivity contribution in [3.63, 3.8) is 0 Å². The van der Waals surface area contributed by atoms with E-state index in [0.29, 0.717) is 0 Å². The lowest BCUT2D eigenvalue weighted by Gasteiger charge is -2.27. The Morgan fingerprint density at radius 1 is 1.29 bits per heavy atom. The summed E-state index contributed by atoms with van der Waals surface area (Å²) in [6, 6.07) is 8.11. The van der Waals surface area contributed by atoms with Crippen LogP contribution in [-0.4, -0.2) is 47.1 Å². The van der Waals surface area contributed by atoms with Gasteiger partial charge in [0.2, 0.25) is 0 Å². The molecular weight excluding hydrogens is 370 g/mol. The number of rotatable bonds is 6. The zero-order chi connectivity index (χ0) is 16.8. The maximum atomic E-state index is 11.7. The summed E-state index contributed by atoms with van der Waals surface area (Å²) in [5, 5.41) is 6.23. The molecule has 3 rings (SSSR count). The van der Waals surface area contributed by atoms with Gasteiger partial charge in [-0.15, -0.1) is 0 Å². The van der Waals surface area contributed by atoms with Crippen LogP contribution in [0.3, 0.4) is 0 Å². The summed E-state index contributed by atoms with van der Waals surface area (Å²) in [4.78, 5) is 22.0. The molecule has 24 heavy (non-hydrogen) atoms. The van der Waals surface area contributed by atoms with Gasteiger partial charge in [-0.3, -0.25) is 0 Å². The normalized spacial score (nSPS) is 14.4. The van der Waals surface area contributed by atoms with E-state index >= 15 is 0 Å². The van der Waals surface area contributed by atoms with Gasteiger partial charge in [-0.25, -0.2) is 14.8 Å². The van der Waals surface area contributed by atoms with Crippen LogP contribution in [0.25, 0.3) is 11.1 Å². The minimum atomic E-state index is 0.0406. The molecule has 2 heterocycles. The predicted octanol–water partition coefficient (Wildman–Crippen LogP) is 3.12. The smallest absolute Gasteiger partial charge is 0.317 e. The number of halogens is 1. The van der Waals surface area contributed by atoms with E-state index in [4.69, 9.17) is 0 Å². The fourth-order valence-corrected chi connectivity index (χ4v) is 2.94. The van der Waals surface area contributed by atoms with Gasteiger partial charge in [0.15, 0.2) is 0 Å². The number of nitrogens with zero attached hydrogens (tertiary/aromatic N) is 3. The van der Waals surface area contributed by atoms with Crippen molar-refractivity contribution in [1.29, 1.82) is 0 Å². The lowest BCUT2D eigenvalue weighted by Crippen LogP contribution is -2.46. The molecular formula is C17H20BrN5O. The number of hydrogen-bond donors (Lipinski definition) is 2. The summed E-state index contributed by atoms with van der Waals surface area (Å²) in [6.45, 7) is 3.12. The number of urea groups is 1. The van der Waals surface area contributed by atoms with Gasteiger partial charge < -0.3 is 15.5 Å². The van der Waals surface area contributed by atoms with Crippen LogP contribution >= 0.6 is 15.9 Å². The highest BCUT2D eigenvalue weighted by atomic mass is 79.9. The van der Waals surface area contributed by atoms with Gasteiger partial charge in [-0.05, 0) is 30.5 Å². The van der Waals surface area contributed by atoms with Crippen LogP contribution in [0.4, 0.5) is 10.6 Å². The van der Waals surface area contributed by atoms with Crippen molar-refractivity contribution in [3.05, 3.63) is 41.3 Å². The quantitative estimate of drug-likeness (QED) is 0.744. The van der Waals surface area contributed by atoms with Crippen molar-refractivity contribution < 1.29 is 4.79 Å². The molecule has 0 unspecified atom stereocenters. The number of amides is 2. The van der Waals surface area contributed by atoms with Gasteiger partial charge in [-0.2, -0.15) is 0 Å². The summed E-state index contributed by atoms with van der Waals surface area (Å²) in [5.41, 5.74) is 2.04. The lowest BCUT2D eigenvalue weighted by molar-refractivity contribution is 0.186. The highest BCUT2D eigenvalue weighted by Crippen LogP contribution is 2.26. The molecule has 1 aliphatic heterocycles. The zero-order valence-electron chi connectivity index (χ0n) is 13.3. The van der Waals surface area contributed by atoms with Gasteiger partial charge >= 0.3 is 6.03 Å². The first-order valence-electron chi connectivity index (χ1n) is 8.06. The van der Waals surface area contributed by atoms with E-state index in [-0.39, 0.29) is 6.03 Å². The Bertz CT molecular complexity index is 692. The molecule has 6 nitrogen and oxygen atoms in total. The summed E-state index contributed by atoms with van der Waals surface area (Å²) in [7, 11) is 0. The van der Waals surface area contributed by atoms with Gasteiger partial charge in [0, 0.05) is 42.4 Å². The molecule has 2 aromatic rings. The van der Waals surface area contributed by atoms with Crippen molar-refractivity contribution in [1.82, 2.24) is 20.2 Å². The van der Waals surface area contributed by atoms with E-state index in [9.17, 15) is 4.79 Å². The molecule has 7 heteroatoms. The second kappa shape index (κ2) is 8.10. The first-order chi connectivity index (χ1) is 11.7. The topological polar surface area (TPSA) is 70.2 Å². The highest BCUT2D eigenvalue weighted by Gasteiger charge is 2.16. The van der Waals surface area contributed by atoms with E-state index in [1.165, 1.54) is 0 Å². The van der Waals surface area contributed by atoms with Crippen LogP contribution in [0.1, 0.15) is 12.8 Å². The SMILES string of the molecule is O=C1NCCCN1CCCNc1ncncc1-c1ccc(Br)cc1. The molecule has 0 aliphatic carbocycles. The molecule has 0 radical (unpaired) electrons. The number of carbonyl (C=O) groups excluding carboxylic acids is 1. The summed E-state index contributed by atoms with van der Waals surface area (Å²) in [6.07, 6.45) is 5.25. The molecule has 1 aliphatic rings. The highest BCUT2D eigenvalue weighted by molar-refractivity contribution is 9.10. The lowest BCUT2D eigenvalue weighted by atomic mass is 10.1. The molecule has 1 fully saturated rings. The maximum absolute atomic E-state index is 11.7. The van der Waals surface area contributed by atoms with Crippen molar-refractivity contribution in [3.8, 4) is 11.1 Å². The molecule has 0 atom stereocenters. The maximum Gasteiger partial charge on any atom is 0.317 e. The molecule has 126 valence electrons. The van der Waals surface area contributed by atoms with Crippen LogP contribution in [-0.2, 0) is 0 Å². The third-order valence-electron chi connectivity index (χ3n) is 3.93. The van der Waals surface area contributed by atoms with Gasteiger partial charge in [0.1, 0.15) is 12.1 Å². The molecule has 2 amide bonds. The van der Waals surface area contributed by atoms with Crippen LogP contribution in [0.2, 0.25) is 0 Å². The van der Waals surface area contributed by atoms with Crippen LogP contribution in [0.5, 0.6) is 0 Å².